The molecule has 0 bridgehead atoms. The highest BCUT2D eigenvalue weighted by Gasteiger charge is 2.55. The van der Waals surface area contributed by atoms with E-state index >= 15 is 0 Å². The van der Waals surface area contributed by atoms with Crippen LogP contribution in [0, 0.1) is 11.3 Å². The number of pyridine rings is 1. The van der Waals surface area contributed by atoms with Crippen molar-refractivity contribution in [3.05, 3.63) is 35.9 Å². The lowest BCUT2D eigenvalue weighted by molar-refractivity contribution is -0.149. The van der Waals surface area contributed by atoms with Gasteiger partial charge < -0.3 is 20.1 Å². The molecule has 2 heterocycles. The number of carbonyl (C=O) groups is 2. The van der Waals surface area contributed by atoms with Gasteiger partial charge in [-0.1, -0.05) is 24.6 Å². The van der Waals surface area contributed by atoms with Crippen molar-refractivity contribution in [3.63, 3.8) is 0 Å². The van der Waals surface area contributed by atoms with Gasteiger partial charge in [0.15, 0.2) is 0 Å². The molecule has 1 aromatic heterocycles. The molecule has 2 atom stereocenters. The minimum Gasteiger partial charge on any atom is -0.481 e. The molecule has 0 unspecified atom stereocenters. The number of fused-ring (bicyclic) bond motifs is 2. The van der Waals surface area contributed by atoms with Gasteiger partial charge in [0, 0.05) is 31.1 Å². The van der Waals surface area contributed by atoms with Gasteiger partial charge >= 0.3 is 12.0 Å². The molecule has 1 aromatic carbocycles. The first-order valence-corrected chi connectivity index (χ1v) is 9.22. The van der Waals surface area contributed by atoms with E-state index in [0.717, 1.165) is 29.3 Å². The van der Waals surface area contributed by atoms with E-state index in [1.54, 1.807) is 12.0 Å². The van der Waals surface area contributed by atoms with Crippen molar-refractivity contribution < 1.29 is 19.4 Å². The van der Waals surface area contributed by atoms with E-state index in [1.165, 1.54) is 0 Å². The van der Waals surface area contributed by atoms with Crippen LogP contribution in [0.5, 0.6) is 5.88 Å². The summed E-state index contributed by atoms with van der Waals surface area (Å²) in [5.41, 5.74) is 0.962. The first kappa shape index (κ1) is 17.6. The van der Waals surface area contributed by atoms with Gasteiger partial charge in [-0.15, -0.1) is 0 Å². The topological polar surface area (TPSA) is 91.8 Å². The lowest BCUT2D eigenvalue weighted by Gasteiger charge is -2.23. The van der Waals surface area contributed by atoms with Gasteiger partial charge in [-0.2, -0.15) is 0 Å². The summed E-state index contributed by atoms with van der Waals surface area (Å²) in [6, 6.07) is 9.31. The predicted octanol–water partition coefficient (Wildman–Crippen LogP) is 2.64. The van der Waals surface area contributed by atoms with Crippen molar-refractivity contribution >= 4 is 22.9 Å². The largest absolute Gasteiger partial charge is 0.481 e. The second kappa shape index (κ2) is 6.72. The van der Waals surface area contributed by atoms with Crippen LogP contribution in [0.3, 0.4) is 0 Å². The molecule has 4 rings (SSSR count). The molecule has 142 valence electrons. The number of hydrogen-bond donors (Lipinski definition) is 2. The molecule has 7 heteroatoms. The third-order valence-electron chi connectivity index (χ3n) is 6.00. The van der Waals surface area contributed by atoms with E-state index in [2.05, 4.69) is 10.3 Å². The Bertz CT molecular complexity index is 900. The summed E-state index contributed by atoms with van der Waals surface area (Å²) in [5, 5.41) is 13.6. The molecule has 1 aliphatic heterocycles. The Morgan fingerprint density at radius 2 is 2.22 bits per heavy atom. The van der Waals surface area contributed by atoms with Gasteiger partial charge in [-0.05, 0) is 30.4 Å². The summed E-state index contributed by atoms with van der Waals surface area (Å²) in [5.74, 6) is -0.216. The number of carboxylic acids is 1. The quantitative estimate of drug-likeness (QED) is 0.864. The molecule has 27 heavy (non-hydrogen) atoms. The predicted molar refractivity (Wildman–Crippen MR) is 99.5 cm³/mol. The first-order chi connectivity index (χ1) is 13.0. The Labute approximate surface area is 157 Å². The fourth-order valence-corrected chi connectivity index (χ4v) is 4.55. The summed E-state index contributed by atoms with van der Waals surface area (Å²) < 4.78 is 5.26. The number of para-hydroxylation sites is 1. The average molecular weight is 369 g/mol. The maximum Gasteiger partial charge on any atom is 0.317 e. The van der Waals surface area contributed by atoms with Crippen molar-refractivity contribution in [3.8, 4) is 5.88 Å². The van der Waals surface area contributed by atoms with Gasteiger partial charge in [0.05, 0.1) is 18.0 Å². The molecule has 2 amide bonds. The number of amides is 2. The number of ether oxygens (including phenoxy) is 1. The smallest absolute Gasteiger partial charge is 0.317 e. The standard InChI is InChI=1S/C20H23N3O4/c1-27-17-9-13(15-6-2-3-7-16(15)22-17)10-21-19(26)23-11-14-5-4-8-20(14,12-23)18(24)25/h2-3,6-7,9,14H,4-5,8,10-12H2,1H3,(H,21,26)(H,24,25)/t14-,20+/m0/s1. The minimum absolute atomic E-state index is 0.0580. The zero-order valence-corrected chi connectivity index (χ0v) is 15.3. The Kier molecular flexibility index (Phi) is 4.37. The van der Waals surface area contributed by atoms with Crippen LogP contribution in [-0.2, 0) is 11.3 Å². The average Bonchev–Trinajstić information content (AvgIpc) is 3.24. The van der Waals surface area contributed by atoms with Crippen LogP contribution in [0.15, 0.2) is 30.3 Å². The molecule has 2 aliphatic rings. The van der Waals surface area contributed by atoms with E-state index in [0.29, 0.717) is 31.9 Å². The van der Waals surface area contributed by atoms with Gasteiger partial charge in [0.1, 0.15) is 0 Å². The first-order valence-electron chi connectivity index (χ1n) is 9.22. The molecule has 1 saturated heterocycles. The molecule has 2 aromatic rings. The normalized spacial score (nSPS) is 24.0. The maximum atomic E-state index is 12.7. The highest BCUT2D eigenvalue weighted by atomic mass is 16.5. The minimum atomic E-state index is -0.773. The zero-order chi connectivity index (χ0) is 19.0. The van der Waals surface area contributed by atoms with Crippen molar-refractivity contribution in [1.82, 2.24) is 15.2 Å². The summed E-state index contributed by atoms with van der Waals surface area (Å²) in [4.78, 5) is 30.5. The molecule has 7 nitrogen and oxygen atoms in total. The molecular formula is C20H23N3O4. The number of urea groups is 1. The number of rotatable bonds is 4. The third kappa shape index (κ3) is 2.97. The second-order valence-corrected chi connectivity index (χ2v) is 7.43. The van der Waals surface area contributed by atoms with Crippen molar-refractivity contribution in [2.24, 2.45) is 11.3 Å². The van der Waals surface area contributed by atoms with Gasteiger partial charge in [0.25, 0.3) is 0 Å². The number of benzene rings is 1. The second-order valence-electron chi connectivity index (χ2n) is 7.43. The summed E-state index contributed by atoms with van der Waals surface area (Å²) in [6.07, 6.45) is 2.46. The fourth-order valence-electron chi connectivity index (χ4n) is 4.55. The Morgan fingerprint density at radius 3 is 2.96 bits per heavy atom. The van der Waals surface area contributed by atoms with E-state index in [9.17, 15) is 14.7 Å². The number of methoxy groups -OCH3 is 1. The Hall–Kier alpha value is -2.83. The van der Waals surface area contributed by atoms with Crippen LogP contribution in [0.25, 0.3) is 10.9 Å². The number of aliphatic carboxylic acids is 1. The maximum absolute atomic E-state index is 12.7. The van der Waals surface area contributed by atoms with Crippen LogP contribution in [0.2, 0.25) is 0 Å². The van der Waals surface area contributed by atoms with Crippen LogP contribution in [0.4, 0.5) is 4.79 Å². The van der Waals surface area contributed by atoms with E-state index in [-0.39, 0.29) is 11.9 Å². The molecule has 1 aliphatic carbocycles. The summed E-state index contributed by atoms with van der Waals surface area (Å²) in [6.45, 7) is 1.14. The molecular weight excluding hydrogens is 346 g/mol. The number of likely N-dealkylation sites (tertiary alicyclic amines) is 1. The van der Waals surface area contributed by atoms with Crippen LogP contribution < -0.4 is 10.1 Å². The number of nitrogens with one attached hydrogen (secondary N) is 1. The highest BCUT2D eigenvalue weighted by molar-refractivity contribution is 5.84. The Morgan fingerprint density at radius 1 is 1.41 bits per heavy atom. The van der Waals surface area contributed by atoms with Crippen molar-refractivity contribution in [2.45, 2.75) is 25.8 Å². The number of nitrogens with zero attached hydrogens (tertiary/aromatic N) is 2. The van der Waals surface area contributed by atoms with Crippen LogP contribution in [0.1, 0.15) is 24.8 Å². The van der Waals surface area contributed by atoms with E-state index in [1.807, 2.05) is 30.3 Å². The molecule has 1 saturated carbocycles. The molecule has 0 spiro atoms. The van der Waals surface area contributed by atoms with Gasteiger partial charge in [-0.3, -0.25) is 4.79 Å². The molecule has 2 fully saturated rings. The third-order valence-corrected chi connectivity index (χ3v) is 6.00. The monoisotopic (exact) mass is 369 g/mol. The number of hydrogen-bond acceptors (Lipinski definition) is 4. The summed E-state index contributed by atoms with van der Waals surface area (Å²) in [7, 11) is 1.56. The number of aromatic nitrogens is 1. The van der Waals surface area contributed by atoms with Crippen molar-refractivity contribution in [2.75, 3.05) is 20.2 Å². The number of carbonyl (C=O) groups excluding carboxylic acids is 1. The van der Waals surface area contributed by atoms with Crippen molar-refractivity contribution in [1.29, 1.82) is 0 Å². The lowest BCUT2D eigenvalue weighted by atomic mass is 9.81. The highest BCUT2D eigenvalue weighted by Crippen LogP contribution is 2.48. The van der Waals surface area contributed by atoms with E-state index in [4.69, 9.17) is 4.74 Å². The Balaban J connectivity index is 1.49. The molecule has 0 radical (unpaired) electrons. The van der Waals surface area contributed by atoms with Gasteiger partial charge in [-0.25, -0.2) is 9.78 Å². The lowest BCUT2D eigenvalue weighted by Crippen LogP contribution is -2.41. The molecule has 2 N–H and O–H groups in total. The van der Waals surface area contributed by atoms with Crippen LogP contribution in [-0.4, -0.2) is 47.2 Å². The summed E-state index contributed by atoms with van der Waals surface area (Å²) >= 11 is 0. The van der Waals surface area contributed by atoms with Crippen LogP contribution >= 0.6 is 0 Å². The van der Waals surface area contributed by atoms with E-state index < -0.39 is 11.4 Å². The fraction of sp³-hybridized carbons (Fsp3) is 0.450. The number of carboxylic acid groups (broad SMARTS) is 1. The zero-order valence-electron chi connectivity index (χ0n) is 15.3. The SMILES string of the molecule is COc1cc(CNC(=O)N2C[C@@H]3CCC[C@@]3(C(=O)O)C2)c2ccccc2n1. The van der Waals surface area contributed by atoms with Gasteiger partial charge in [0.2, 0.25) is 5.88 Å².